The molecule has 1 spiro atoms. The third-order valence-electron chi connectivity index (χ3n) is 12.6. The third kappa shape index (κ3) is 5.69. The molecule has 1 heterocycles. The quantitative estimate of drug-likeness (QED) is 0.100. The standard InChI is InChI=1S/C33H50BrF5OS2/c1-28-16-17-30(41-19-20-42-30)22-24(28)21-23(11-9-7-5-3-4-6-8-10-18-34)27-25(28)12-14-29(2)26(27)13-15-31(29,40)32(35,36)33(37,38)39/h22-23,25-27,40H,3-21H2,1-2H3/t23-,25+,26+,27-,28+,29+,31+/m1/s1. The highest BCUT2D eigenvalue weighted by Gasteiger charge is 2.79. The van der Waals surface area contributed by atoms with Crippen LogP contribution >= 0.6 is 39.5 Å². The van der Waals surface area contributed by atoms with Crippen LogP contribution in [-0.2, 0) is 0 Å². The van der Waals surface area contributed by atoms with Crippen LogP contribution in [0.1, 0.15) is 117 Å². The van der Waals surface area contributed by atoms with E-state index in [1.165, 1.54) is 55.6 Å². The fourth-order valence-corrected chi connectivity index (χ4v) is 13.7. The number of thioether (sulfide) groups is 2. The highest BCUT2D eigenvalue weighted by Crippen LogP contribution is 2.73. The van der Waals surface area contributed by atoms with Gasteiger partial charge < -0.3 is 5.11 Å². The number of halogens is 6. The molecule has 0 aromatic carbocycles. The molecule has 4 aliphatic carbocycles. The molecule has 1 aliphatic heterocycles. The Morgan fingerprint density at radius 2 is 1.43 bits per heavy atom. The first-order valence-corrected chi connectivity index (χ1v) is 19.6. The number of hydrogen-bond acceptors (Lipinski definition) is 3. The summed E-state index contributed by atoms with van der Waals surface area (Å²) >= 11 is 7.62. The van der Waals surface area contributed by atoms with Crippen molar-refractivity contribution in [1.29, 1.82) is 0 Å². The summed E-state index contributed by atoms with van der Waals surface area (Å²) in [5.41, 5.74) is -2.98. The molecular weight excluding hydrogens is 651 g/mol. The second-order valence-corrected chi connectivity index (χ2v) is 18.5. The predicted octanol–water partition coefficient (Wildman–Crippen LogP) is 11.2. The Morgan fingerprint density at radius 3 is 2.05 bits per heavy atom. The molecule has 5 aliphatic rings. The minimum absolute atomic E-state index is 0.0279. The van der Waals surface area contributed by atoms with Crippen LogP contribution < -0.4 is 0 Å². The zero-order valence-electron chi connectivity index (χ0n) is 25.4. The van der Waals surface area contributed by atoms with Crippen LogP contribution in [0, 0.1) is 34.5 Å². The van der Waals surface area contributed by atoms with Crippen LogP contribution in [0.3, 0.4) is 0 Å². The van der Waals surface area contributed by atoms with Gasteiger partial charge in [-0.25, -0.2) is 0 Å². The van der Waals surface area contributed by atoms with Crippen molar-refractivity contribution in [2.24, 2.45) is 34.5 Å². The van der Waals surface area contributed by atoms with Crippen molar-refractivity contribution in [2.45, 2.75) is 138 Å². The molecule has 0 bridgehead atoms. The van der Waals surface area contributed by atoms with Gasteiger partial charge in [0.05, 0.1) is 4.08 Å². The summed E-state index contributed by atoms with van der Waals surface area (Å²) in [4.78, 5) is 0. The molecule has 0 aromatic heterocycles. The van der Waals surface area contributed by atoms with E-state index in [0.29, 0.717) is 6.42 Å². The largest absolute Gasteiger partial charge is 0.456 e. The maximum Gasteiger partial charge on any atom is 0.456 e. The zero-order chi connectivity index (χ0) is 30.4. The van der Waals surface area contributed by atoms with Gasteiger partial charge in [0.25, 0.3) is 0 Å². The second-order valence-electron chi connectivity index (χ2n) is 14.6. The molecule has 3 saturated carbocycles. The number of hydrogen-bond donors (Lipinski definition) is 1. The summed E-state index contributed by atoms with van der Waals surface area (Å²) < 4.78 is 71.5. The minimum Gasteiger partial charge on any atom is -0.383 e. The second kappa shape index (κ2) is 12.6. The monoisotopic (exact) mass is 700 g/mol. The smallest absolute Gasteiger partial charge is 0.383 e. The minimum atomic E-state index is -5.76. The number of allylic oxidation sites excluding steroid dienone is 1. The molecule has 0 aromatic rings. The van der Waals surface area contributed by atoms with Crippen molar-refractivity contribution in [3.63, 3.8) is 0 Å². The van der Waals surface area contributed by atoms with Gasteiger partial charge in [-0.15, -0.1) is 23.5 Å². The summed E-state index contributed by atoms with van der Waals surface area (Å²) in [5.74, 6) is -2.42. The zero-order valence-corrected chi connectivity index (χ0v) is 28.6. The normalized spacial score (nSPS) is 39.6. The van der Waals surface area contributed by atoms with Crippen LogP contribution in [0.25, 0.3) is 0 Å². The fourth-order valence-electron chi connectivity index (χ4n) is 10.1. The van der Waals surface area contributed by atoms with Crippen LogP contribution in [0.4, 0.5) is 22.0 Å². The van der Waals surface area contributed by atoms with Crippen LogP contribution in [-0.4, -0.2) is 43.7 Å². The number of unbranched alkanes of at least 4 members (excludes halogenated alkanes) is 7. The van der Waals surface area contributed by atoms with Gasteiger partial charge in [-0.05, 0) is 86.9 Å². The van der Waals surface area contributed by atoms with Crippen molar-refractivity contribution in [1.82, 2.24) is 0 Å². The van der Waals surface area contributed by atoms with Gasteiger partial charge >= 0.3 is 12.1 Å². The Hall–Kier alpha value is 0.530. The number of aliphatic hydroxyl groups is 1. The van der Waals surface area contributed by atoms with E-state index in [1.54, 1.807) is 6.92 Å². The maximum atomic E-state index is 15.1. The van der Waals surface area contributed by atoms with Crippen molar-refractivity contribution in [3.8, 4) is 0 Å². The molecule has 0 radical (unpaired) electrons. The third-order valence-corrected chi connectivity index (χ3v) is 16.5. The SMILES string of the molecule is C[C@]12CCC3(C=C1C[C@@H](CCCCCCCCCCBr)[C@@H]1[C@@H]2CC[C@@]2(C)[C@H]1CC[C@@]2(O)C(F)(F)C(F)(F)F)SCCS3. The molecular formula is C33H50BrF5OS2. The van der Waals surface area contributed by atoms with Crippen LogP contribution in [0.15, 0.2) is 11.6 Å². The van der Waals surface area contributed by atoms with Crippen LogP contribution in [0.2, 0.25) is 0 Å². The number of fused-ring (bicyclic) bond motifs is 5. The molecule has 4 fully saturated rings. The Labute approximate surface area is 266 Å². The van der Waals surface area contributed by atoms with E-state index in [0.717, 1.165) is 43.9 Å². The molecule has 1 nitrogen and oxygen atoms in total. The first-order chi connectivity index (χ1) is 19.7. The maximum absolute atomic E-state index is 15.1. The Kier molecular flexibility index (Phi) is 10.2. The molecule has 9 heteroatoms. The Morgan fingerprint density at radius 1 is 0.833 bits per heavy atom. The van der Waals surface area contributed by atoms with Crippen molar-refractivity contribution in [3.05, 3.63) is 11.6 Å². The van der Waals surface area contributed by atoms with E-state index in [2.05, 4.69) is 52.5 Å². The van der Waals surface area contributed by atoms with E-state index in [1.807, 2.05) is 0 Å². The first-order valence-electron chi connectivity index (χ1n) is 16.5. The molecule has 1 saturated heterocycles. The first kappa shape index (κ1) is 33.9. The van der Waals surface area contributed by atoms with Crippen molar-refractivity contribution < 1.29 is 27.1 Å². The lowest BCUT2D eigenvalue weighted by Crippen LogP contribution is -2.66. The van der Waals surface area contributed by atoms with E-state index in [9.17, 15) is 18.3 Å². The van der Waals surface area contributed by atoms with E-state index in [-0.39, 0.29) is 46.0 Å². The molecule has 42 heavy (non-hydrogen) atoms. The molecule has 0 unspecified atom stereocenters. The Bertz CT molecular complexity index is 984. The molecule has 1 N–H and O–H groups in total. The van der Waals surface area contributed by atoms with Crippen LogP contribution in [0.5, 0.6) is 0 Å². The summed E-state index contributed by atoms with van der Waals surface area (Å²) in [6, 6.07) is 0. The lowest BCUT2D eigenvalue weighted by Gasteiger charge is -2.62. The topological polar surface area (TPSA) is 20.2 Å². The van der Waals surface area contributed by atoms with E-state index >= 15 is 8.78 Å². The highest BCUT2D eigenvalue weighted by atomic mass is 79.9. The summed E-state index contributed by atoms with van der Waals surface area (Å²) in [5, 5.41) is 12.4. The van der Waals surface area contributed by atoms with Gasteiger partial charge in [0.15, 0.2) is 0 Å². The number of rotatable bonds is 11. The number of alkyl halides is 6. The van der Waals surface area contributed by atoms with Gasteiger partial charge in [0, 0.05) is 22.3 Å². The average Bonchev–Trinajstić information content (AvgIpc) is 3.50. The molecule has 7 atom stereocenters. The predicted molar refractivity (Wildman–Crippen MR) is 170 cm³/mol. The molecule has 242 valence electrons. The summed E-state index contributed by atoms with van der Waals surface area (Å²) in [6.45, 7) is 3.94. The lowest BCUT2D eigenvalue weighted by molar-refractivity contribution is -0.364. The van der Waals surface area contributed by atoms with E-state index < -0.39 is 29.5 Å². The van der Waals surface area contributed by atoms with Crippen molar-refractivity contribution in [2.75, 3.05) is 16.8 Å². The lowest BCUT2D eigenvalue weighted by atomic mass is 9.43. The van der Waals surface area contributed by atoms with Gasteiger partial charge in [0.2, 0.25) is 0 Å². The van der Waals surface area contributed by atoms with Gasteiger partial charge in [0.1, 0.15) is 5.60 Å². The summed E-state index contributed by atoms with van der Waals surface area (Å²) in [6.07, 6.45) is 11.3. The van der Waals surface area contributed by atoms with E-state index in [4.69, 9.17) is 0 Å². The van der Waals surface area contributed by atoms with Gasteiger partial charge in [-0.2, -0.15) is 22.0 Å². The average molecular weight is 702 g/mol. The molecule has 0 amide bonds. The highest BCUT2D eigenvalue weighted by molar-refractivity contribution is 9.09. The Balaban J connectivity index is 1.38. The van der Waals surface area contributed by atoms with Gasteiger partial charge in [-0.3, -0.25) is 0 Å². The fraction of sp³-hybridized carbons (Fsp3) is 0.939. The van der Waals surface area contributed by atoms with Gasteiger partial charge in [-0.1, -0.05) is 86.4 Å². The van der Waals surface area contributed by atoms with Crippen molar-refractivity contribution >= 4 is 39.5 Å². The molecule has 5 rings (SSSR count). The summed E-state index contributed by atoms with van der Waals surface area (Å²) in [7, 11) is 0.